The first-order valence-electron chi connectivity index (χ1n) is 7.93. The number of nitrogens with one attached hydrogen (secondary N) is 2. The van der Waals surface area contributed by atoms with Crippen LogP contribution in [0.2, 0.25) is 0 Å². The van der Waals surface area contributed by atoms with Gasteiger partial charge >= 0.3 is 0 Å². The number of amides is 2. The summed E-state index contributed by atoms with van der Waals surface area (Å²) < 4.78 is 29.2. The van der Waals surface area contributed by atoms with Gasteiger partial charge in [0.15, 0.2) is 0 Å². The number of carbonyl (C=O) groups excluding carboxylic acids is 2. The number of aryl methyl sites for hydroxylation is 1. The highest BCUT2D eigenvalue weighted by atomic mass is 19.1. The maximum Gasteiger partial charge on any atom is 0.224 e. The van der Waals surface area contributed by atoms with Gasteiger partial charge in [-0.25, -0.2) is 13.8 Å². The van der Waals surface area contributed by atoms with Crippen LogP contribution in [0.1, 0.15) is 30.1 Å². The van der Waals surface area contributed by atoms with Gasteiger partial charge in [-0.3, -0.25) is 9.59 Å². The minimum Gasteiger partial charge on any atom is -0.351 e. The molecule has 6 nitrogen and oxygen atoms in total. The number of benzene rings is 1. The van der Waals surface area contributed by atoms with E-state index in [1.807, 2.05) is 0 Å². The van der Waals surface area contributed by atoms with Crippen LogP contribution in [0.3, 0.4) is 0 Å². The zero-order valence-corrected chi connectivity index (χ0v) is 13.6. The lowest BCUT2D eigenvalue weighted by Gasteiger charge is -2.33. The highest BCUT2D eigenvalue weighted by Gasteiger charge is 2.32. The maximum atomic E-state index is 13.7. The highest BCUT2D eigenvalue weighted by Crippen LogP contribution is 2.24. The fourth-order valence-electron chi connectivity index (χ4n) is 3.02. The van der Waals surface area contributed by atoms with Gasteiger partial charge in [0.25, 0.3) is 0 Å². The lowest BCUT2D eigenvalue weighted by Crippen LogP contribution is -2.51. The van der Waals surface area contributed by atoms with E-state index in [9.17, 15) is 18.4 Å². The summed E-state index contributed by atoms with van der Waals surface area (Å²) in [4.78, 5) is 28.1. The third-order valence-corrected chi connectivity index (χ3v) is 4.32. The number of piperidine rings is 1. The number of imidazole rings is 1. The van der Waals surface area contributed by atoms with Crippen LogP contribution < -0.4 is 10.6 Å². The van der Waals surface area contributed by atoms with E-state index < -0.39 is 30.0 Å². The monoisotopic (exact) mass is 348 g/mol. The van der Waals surface area contributed by atoms with Gasteiger partial charge in [0, 0.05) is 19.0 Å². The minimum absolute atomic E-state index is 0.114. The Morgan fingerprint density at radius 1 is 1.40 bits per heavy atom. The zero-order chi connectivity index (χ0) is 18.0. The molecule has 2 atom stereocenters. The molecule has 1 aromatic heterocycles. The van der Waals surface area contributed by atoms with E-state index in [0.29, 0.717) is 6.42 Å². The SMILES string of the molecule is Cn1cncc1[C@@H]1NC(=O)CC[C@H]1NC(=O)Cc1c(F)cccc1F. The van der Waals surface area contributed by atoms with E-state index in [0.717, 1.165) is 17.8 Å². The third kappa shape index (κ3) is 3.67. The van der Waals surface area contributed by atoms with Gasteiger partial charge in [0.05, 0.1) is 36.7 Å². The van der Waals surface area contributed by atoms with Gasteiger partial charge in [-0.2, -0.15) is 0 Å². The van der Waals surface area contributed by atoms with E-state index in [4.69, 9.17) is 0 Å². The van der Waals surface area contributed by atoms with E-state index in [-0.39, 0.29) is 23.9 Å². The van der Waals surface area contributed by atoms with Gasteiger partial charge in [0.1, 0.15) is 11.6 Å². The second kappa shape index (κ2) is 7.00. The standard InChI is InChI=1S/C17H18F2N4O2/c1-23-9-20-8-14(23)17-13(5-6-15(24)22-17)21-16(25)7-10-11(18)3-2-4-12(10)19/h2-4,8-9,13,17H,5-7H2,1H3,(H,21,25)(H,22,24)/t13-,17-/m1/s1. The molecule has 25 heavy (non-hydrogen) atoms. The fourth-order valence-corrected chi connectivity index (χ4v) is 3.02. The van der Waals surface area contributed by atoms with Crippen molar-refractivity contribution < 1.29 is 18.4 Å². The molecule has 0 spiro atoms. The molecule has 8 heteroatoms. The van der Waals surface area contributed by atoms with Crippen molar-refractivity contribution in [3.63, 3.8) is 0 Å². The molecule has 1 fully saturated rings. The molecule has 1 saturated heterocycles. The number of aromatic nitrogens is 2. The molecule has 0 aliphatic carbocycles. The molecular weight excluding hydrogens is 330 g/mol. The first-order valence-corrected chi connectivity index (χ1v) is 7.93. The van der Waals surface area contributed by atoms with Crippen LogP contribution in [0.25, 0.3) is 0 Å². The Bertz CT molecular complexity index is 785. The van der Waals surface area contributed by atoms with Crippen LogP contribution in [0.15, 0.2) is 30.7 Å². The zero-order valence-electron chi connectivity index (χ0n) is 13.6. The van der Waals surface area contributed by atoms with Crippen LogP contribution in [0.5, 0.6) is 0 Å². The summed E-state index contributed by atoms with van der Waals surface area (Å²) >= 11 is 0. The number of carbonyl (C=O) groups is 2. The summed E-state index contributed by atoms with van der Waals surface area (Å²) in [6.45, 7) is 0. The Morgan fingerprint density at radius 3 is 2.76 bits per heavy atom. The molecule has 3 rings (SSSR count). The number of nitrogens with zero attached hydrogens (tertiary/aromatic N) is 2. The predicted octanol–water partition coefficient (Wildman–Crippen LogP) is 1.38. The van der Waals surface area contributed by atoms with E-state index >= 15 is 0 Å². The van der Waals surface area contributed by atoms with Crippen molar-refractivity contribution in [2.24, 2.45) is 7.05 Å². The van der Waals surface area contributed by atoms with Crippen molar-refractivity contribution in [2.45, 2.75) is 31.3 Å². The molecule has 132 valence electrons. The van der Waals surface area contributed by atoms with Crippen molar-refractivity contribution in [1.82, 2.24) is 20.2 Å². The second-order valence-electron chi connectivity index (χ2n) is 6.06. The molecule has 2 N–H and O–H groups in total. The molecule has 2 heterocycles. The normalized spacial score (nSPS) is 20.2. The van der Waals surface area contributed by atoms with Crippen LogP contribution >= 0.6 is 0 Å². The van der Waals surface area contributed by atoms with Crippen molar-refractivity contribution in [3.05, 3.63) is 53.6 Å². The van der Waals surface area contributed by atoms with Crippen molar-refractivity contribution in [3.8, 4) is 0 Å². The van der Waals surface area contributed by atoms with Gasteiger partial charge < -0.3 is 15.2 Å². The Labute approximate surface area is 143 Å². The summed E-state index contributed by atoms with van der Waals surface area (Å²) in [7, 11) is 1.79. The number of rotatable bonds is 4. The van der Waals surface area contributed by atoms with Gasteiger partial charge in [0.2, 0.25) is 11.8 Å². The molecule has 1 aromatic carbocycles. The third-order valence-electron chi connectivity index (χ3n) is 4.32. The second-order valence-corrected chi connectivity index (χ2v) is 6.06. The van der Waals surface area contributed by atoms with E-state index in [1.165, 1.54) is 6.07 Å². The summed E-state index contributed by atoms with van der Waals surface area (Å²) in [5, 5.41) is 5.62. The van der Waals surface area contributed by atoms with Crippen LogP contribution in [-0.2, 0) is 23.1 Å². The fraction of sp³-hybridized carbons (Fsp3) is 0.353. The summed E-state index contributed by atoms with van der Waals surface area (Å²) in [5.74, 6) is -2.13. The van der Waals surface area contributed by atoms with Gasteiger partial charge in [-0.1, -0.05) is 6.07 Å². The first kappa shape index (κ1) is 17.1. The van der Waals surface area contributed by atoms with E-state index in [2.05, 4.69) is 15.6 Å². The Kier molecular flexibility index (Phi) is 4.78. The Balaban J connectivity index is 1.74. The largest absolute Gasteiger partial charge is 0.351 e. The average molecular weight is 348 g/mol. The minimum atomic E-state index is -0.754. The molecule has 2 aromatic rings. The van der Waals surface area contributed by atoms with E-state index in [1.54, 1.807) is 24.1 Å². The predicted molar refractivity (Wildman–Crippen MR) is 85.3 cm³/mol. The van der Waals surface area contributed by atoms with Crippen LogP contribution in [-0.4, -0.2) is 27.4 Å². The van der Waals surface area contributed by atoms with Crippen molar-refractivity contribution >= 4 is 11.8 Å². The first-order chi connectivity index (χ1) is 12.0. The van der Waals surface area contributed by atoms with Crippen LogP contribution in [0.4, 0.5) is 8.78 Å². The van der Waals surface area contributed by atoms with Gasteiger partial charge in [-0.05, 0) is 18.6 Å². The van der Waals surface area contributed by atoms with Gasteiger partial charge in [-0.15, -0.1) is 0 Å². The molecule has 0 radical (unpaired) electrons. The molecule has 1 aliphatic heterocycles. The smallest absolute Gasteiger partial charge is 0.224 e. The lowest BCUT2D eigenvalue weighted by atomic mass is 9.95. The molecule has 0 saturated carbocycles. The molecule has 0 unspecified atom stereocenters. The summed E-state index contributed by atoms with van der Waals surface area (Å²) in [6.07, 6.45) is 3.53. The molecular formula is C17H18F2N4O2. The summed E-state index contributed by atoms with van der Waals surface area (Å²) in [5.41, 5.74) is 0.479. The number of halogens is 2. The Morgan fingerprint density at radius 2 is 2.12 bits per heavy atom. The topological polar surface area (TPSA) is 76.0 Å². The molecule has 0 bridgehead atoms. The quantitative estimate of drug-likeness (QED) is 0.876. The lowest BCUT2D eigenvalue weighted by molar-refractivity contribution is -0.127. The van der Waals surface area contributed by atoms with Crippen LogP contribution in [0, 0.1) is 11.6 Å². The van der Waals surface area contributed by atoms with Crippen molar-refractivity contribution in [2.75, 3.05) is 0 Å². The number of hydrogen-bond acceptors (Lipinski definition) is 3. The maximum absolute atomic E-state index is 13.7. The molecule has 2 amide bonds. The number of hydrogen-bond donors (Lipinski definition) is 2. The molecule has 1 aliphatic rings. The summed E-state index contributed by atoms with van der Waals surface area (Å²) in [6, 6.07) is 2.66. The van der Waals surface area contributed by atoms with Crippen molar-refractivity contribution in [1.29, 1.82) is 0 Å². The highest BCUT2D eigenvalue weighted by molar-refractivity contribution is 5.81. The average Bonchev–Trinajstić information content (AvgIpc) is 2.99. The Hall–Kier alpha value is -2.77.